The minimum Gasteiger partial charge on any atom is -0.395 e. The van der Waals surface area contributed by atoms with Gasteiger partial charge in [0.15, 0.2) is 5.78 Å². The number of hydrogen-bond acceptors (Lipinski definition) is 5. The van der Waals surface area contributed by atoms with Crippen LogP contribution in [0.5, 0.6) is 0 Å². The number of hydrogen-bond donors (Lipinski definition) is 3. The number of halogens is 1. The number of carbonyl (C=O) groups excluding carboxylic acids is 1. The van der Waals surface area contributed by atoms with E-state index in [4.69, 9.17) is 11.6 Å². The standard InChI is InChI=1S/C22H21ClN2O5S/c1-22(2,14-26)16-3-6-18(7-4-16)31(29,30)24-20-8-5-17(23)13-19(20)21(27)15-9-11-25(28)12-10-15/h3-13,26H,14H2,1-2H3,(H-,24,27,28)/p+1. The number of aliphatic hydroxyl groups excluding tert-OH is 1. The lowest BCUT2D eigenvalue weighted by atomic mass is 9.86. The molecule has 0 unspecified atom stereocenters. The van der Waals surface area contributed by atoms with Crippen molar-refractivity contribution < 1.29 is 28.3 Å². The molecule has 0 aliphatic heterocycles. The summed E-state index contributed by atoms with van der Waals surface area (Å²) >= 11 is 6.04. The number of aliphatic hydroxyl groups is 1. The molecule has 0 bridgehead atoms. The first-order chi connectivity index (χ1) is 14.5. The van der Waals surface area contributed by atoms with Crippen LogP contribution in [0, 0.1) is 0 Å². The molecule has 0 amide bonds. The Hall–Kier alpha value is -2.94. The van der Waals surface area contributed by atoms with Gasteiger partial charge < -0.3 is 5.11 Å². The number of carbonyl (C=O) groups is 1. The normalized spacial score (nSPS) is 11.9. The third-order valence-corrected chi connectivity index (χ3v) is 6.50. The quantitative estimate of drug-likeness (QED) is 0.284. The number of sulfonamides is 1. The average Bonchev–Trinajstić information content (AvgIpc) is 2.75. The topological polar surface area (TPSA) is 108 Å². The van der Waals surface area contributed by atoms with E-state index in [1.807, 2.05) is 13.8 Å². The third-order valence-electron chi connectivity index (χ3n) is 4.89. The van der Waals surface area contributed by atoms with Crippen molar-refractivity contribution in [1.82, 2.24) is 0 Å². The van der Waals surface area contributed by atoms with Crippen molar-refractivity contribution in [2.45, 2.75) is 24.2 Å². The van der Waals surface area contributed by atoms with Gasteiger partial charge in [-0.2, -0.15) is 0 Å². The summed E-state index contributed by atoms with van der Waals surface area (Å²) in [5, 5.41) is 19.1. The van der Waals surface area contributed by atoms with Crippen LogP contribution in [-0.4, -0.2) is 31.1 Å². The maximum atomic E-state index is 12.9. The maximum Gasteiger partial charge on any atom is 0.261 e. The first-order valence-electron chi connectivity index (χ1n) is 9.32. The minimum absolute atomic E-state index is 0.0133. The van der Waals surface area contributed by atoms with Gasteiger partial charge in [0.1, 0.15) is 0 Å². The second kappa shape index (κ2) is 8.66. The van der Waals surface area contributed by atoms with Crippen LogP contribution in [0.15, 0.2) is 71.9 Å². The number of aromatic nitrogens is 1. The number of pyridine rings is 1. The molecule has 3 aromatic rings. The van der Waals surface area contributed by atoms with E-state index in [2.05, 4.69) is 4.72 Å². The van der Waals surface area contributed by atoms with Gasteiger partial charge in [-0.3, -0.25) is 14.7 Å². The lowest BCUT2D eigenvalue weighted by Crippen LogP contribution is -2.28. The lowest BCUT2D eigenvalue weighted by Gasteiger charge is -2.22. The van der Waals surface area contributed by atoms with Crippen molar-refractivity contribution in [2.24, 2.45) is 0 Å². The molecule has 0 saturated heterocycles. The van der Waals surface area contributed by atoms with Gasteiger partial charge in [-0.05, 0) is 35.9 Å². The largest absolute Gasteiger partial charge is 0.395 e. The first-order valence-corrected chi connectivity index (χ1v) is 11.2. The minimum atomic E-state index is -3.99. The van der Waals surface area contributed by atoms with Crippen LogP contribution in [0.2, 0.25) is 5.02 Å². The Kier molecular flexibility index (Phi) is 6.35. The number of rotatable bonds is 7. The van der Waals surface area contributed by atoms with Crippen molar-refractivity contribution >= 4 is 33.1 Å². The van der Waals surface area contributed by atoms with Crippen LogP contribution in [0.4, 0.5) is 5.69 Å². The van der Waals surface area contributed by atoms with Crippen LogP contribution in [0.3, 0.4) is 0 Å². The molecule has 0 aliphatic carbocycles. The molecular formula is C22H22ClN2O5S+. The van der Waals surface area contributed by atoms with Gasteiger partial charge in [-0.15, -0.1) is 0 Å². The molecule has 7 nitrogen and oxygen atoms in total. The zero-order chi connectivity index (χ0) is 22.8. The van der Waals surface area contributed by atoms with Crippen LogP contribution in [0.25, 0.3) is 0 Å². The van der Waals surface area contributed by atoms with E-state index >= 15 is 0 Å². The molecule has 0 radical (unpaired) electrons. The van der Waals surface area contributed by atoms with Crippen LogP contribution in [-0.2, 0) is 15.4 Å². The fourth-order valence-corrected chi connectivity index (χ4v) is 4.15. The highest BCUT2D eigenvalue weighted by Crippen LogP contribution is 2.27. The van der Waals surface area contributed by atoms with Gasteiger partial charge in [0.25, 0.3) is 10.0 Å². The van der Waals surface area contributed by atoms with Crippen LogP contribution in [0.1, 0.15) is 35.3 Å². The summed E-state index contributed by atoms with van der Waals surface area (Å²) in [6.45, 7) is 3.62. The van der Waals surface area contributed by atoms with E-state index in [9.17, 15) is 23.5 Å². The lowest BCUT2D eigenvalue weighted by molar-refractivity contribution is -0.904. The first kappa shape index (κ1) is 22.7. The monoisotopic (exact) mass is 461 g/mol. The number of benzene rings is 2. The Morgan fingerprint density at radius 1 is 1.06 bits per heavy atom. The Labute approximate surface area is 185 Å². The fourth-order valence-electron chi connectivity index (χ4n) is 2.90. The second-order valence-corrected chi connectivity index (χ2v) is 9.78. The summed E-state index contributed by atoms with van der Waals surface area (Å²) in [5.41, 5.74) is 0.693. The van der Waals surface area contributed by atoms with Crippen molar-refractivity contribution in [3.63, 3.8) is 0 Å². The summed E-state index contributed by atoms with van der Waals surface area (Å²) in [5.74, 6) is -0.458. The summed E-state index contributed by atoms with van der Waals surface area (Å²) < 4.78 is 29.1. The highest BCUT2D eigenvalue weighted by atomic mass is 35.5. The van der Waals surface area contributed by atoms with E-state index in [-0.39, 0.29) is 33.3 Å². The zero-order valence-electron chi connectivity index (χ0n) is 16.9. The highest BCUT2D eigenvalue weighted by molar-refractivity contribution is 7.92. The van der Waals surface area contributed by atoms with E-state index in [0.29, 0.717) is 0 Å². The molecule has 9 heteroatoms. The van der Waals surface area contributed by atoms with Crippen molar-refractivity contribution in [2.75, 3.05) is 11.3 Å². The molecule has 0 saturated carbocycles. The molecule has 1 aromatic heterocycles. The second-order valence-electron chi connectivity index (χ2n) is 7.66. The number of nitrogens with zero attached hydrogens (tertiary/aromatic N) is 1. The zero-order valence-corrected chi connectivity index (χ0v) is 18.5. The summed E-state index contributed by atoms with van der Waals surface area (Å²) in [6.07, 6.45) is 2.58. The van der Waals surface area contributed by atoms with Crippen LogP contribution < -0.4 is 9.45 Å². The molecule has 162 valence electrons. The molecule has 2 aromatic carbocycles. The van der Waals surface area contributed by atoms with Crippen LogP contribution >= 0.6 is 11.6 Å². The molecule has 31 heavy (non-hydrogen) atoms. The molecule has 0 aliphatic rings. The maximum absolute atomic E-state index is 12.9. The summed E-state index contributed by atoms with van der Waals surface area (Å²) in [4.78, 5) is 12.9. The summed E-state index contributed by atoms with van der Waals surface area (Å²) in [7, 11) is -3.99. The van der Waals surface area contributed by atoms with Gasteiger partial charge in [0.05, 0.1) is 17.2 Å². The molecule has 0 spiro atoms. The fraction of sp³-hybridized carbons (Fsp3) is 0.182. The predicted octanol–water partition coefficient (Wildman–Crippen LogP) is 3.17. The van der Waals surface area contributed by atoms with Crippen molar-refractivity contribution in [3.05, 3.63) is 88.7 Å². The third kappa shape index (κ3) is 5.04. The Morgan fingerprint density at radius 2 is 1.68 bits per heavy atom. The molecule has 0 atom stereocenters. The SMILES string of the molecule is CC(C)(CO)c1ccc(S(=O)(=O)Nc2ccc(Cl)cc2C(=O)c2cc[n+](O)cc2)cc1. The summed E-state index contributed by atoms with van der Waals surface area (Å²) in [6, 6.07) is 13.3. The van der Waals surface area contributed by atoms with Gasteiger partial charge in [-0.25, -0.2) is 8.42 Å². The number of ketones is 1. The van der Waals surface area contributed by atoms with E-state index < -0.39 is 21.2 Å². The smallest absolute Gasteiger partial charge is 0.261 e. The van der Waals surface area contributed by atoms with E-state index in [1.165, 1.54) is 54.9 Å². The number of nitrogens with one attached hydrogen (secondary N) is 1. The molecule has 0 fully saturated rings. The molecule has 3 N–H and O–H groups in total. The van der Waals surface area contributed by atoms with Gasteiger partial charge in [0.2, 0.25) is 12.4 Å². The molecule has 1 heterocycles. The Balaban J connectivity index is 1.95. The Bertz CT molecular complexity index is 1210. The van der Waals surface area contributed by atoms with Gasteiger partial charge in [0, 0.05) is 38.4 Å². The van der Waals surface area contributed by atoms with Gasteiger partial charge >= 0.3 is 0 Å². The molecular weight excluding hydrogens is 440 g/mol. The predicted molar refractivity (Wildman–Crippen MR) is 116 cm³/mol. The van der Waals surface area contributed by atoms with Crippen molar-refractivity contribution in [1.29, 1.82) is 0 Å². The Morgan fingerprint density at radius 3 is 2.26 bits per heavy atom. The average molecular weight is 462 g/mol. The highest BCUT2D eigenvalue weighted by Gasteiger charge is 2.23. The molecule has 3 rings (SSSR count). The van der Waals surface area contributed by atoms with E-state index in [1.54, 1.807) is 12.1 Å². The van der Waals surface area contributed by atoms with E-state index in [0.717, 1.165) is 10.3 Å². The van der Waals surface area contributed by atoms with Gasteiger partial charge in [-0.1, -0.05) is 37.6 Å². The van der Waals surface area contributed by atoms with Crippen molar-refractivity contribution in [3.8, 4) is 0 Å². The number of anilines is 1.